The number of nitrogens with one attached hydrogen (secondary N) is 1. The van der Waals surface area contributed by atoms with Crippen LogP contribution in [0.1, 0.15) is 43.8 Å². The normalized spacial score (nSPS) is 14.1. The first-order valence-corrected chi connectivity index (χ1v) is 10.5. The number of piperazine rings is 1. The van der Waals surface area contributed by atoms with E-state index >= 15 is 0 Å². The lowest BCUT2D eigenvalue weighted by molar-refractivity contribution is 0.0524. The van der Waals surface area contributed by atoms with E-state index in [2.05, 4.69) is 15.2 Å². The van der Waals surface area contributed by atoms with Gasteiger partial charge in [-0.05, 0) is 51.2 Å². The topological polar surface area (TPSA) is 101 Å². The van der Waals surface area contributed by atoms with E-state index in [0.717, 1.165) is 13.1 Å². The number of carbonyl (C=O) groups is 3. The number of ether oxygens (including phenoxy) is 2. The quantitative estimate of drug-likeness (QED) is 0.688. The van der Waals surface area contributed by atoms with Crippen molar-refractivity contribution in [1.82, 2.24) is 14.8 Å². The summed E-state index contributed by atoms with van der Waals surface area (Å²) >= 11 is 0. The number of esters is 1. The van der Waals surface area contributed by atoms with Gasteiger partial charge in [0.25, 0.3) is 11.8 Å². The number of aryl methyl sites for hydroxylation is 1. The highest BCUT2D eigenvalue weighted by Gasteiger charge is 2.22. The molecule has 1 aromatic heterocycles. The van der Waals surface area contributed by atoms with Crippen molar-refractivity contribution >= 4 is 23.5 Å². The van der Waals surface area contributed by atoms with E-state index < -0.39 is 11.9 Å². The highest BCUT2D eigenvalue weighted by molar-refractivity contribution is 6.05. The van der Waals surface area contributed by atoms with Crippen LogP contribution in [-0.2, 0) is 4.74 Å². The number of carbonyl (C=O) groups excluding carboxylic acids is 3. The first-order valence-electron chi connectivity index (χ1n) is 10.5. The van der Waals surface area contributed by atoms with Crippen molar-refractivity contribution in [3.8, 4) is 5.75 Å². The summed E-state index contributed by atoms with van der Waals surface area (Å²) in [6.45, 7) is 6.55. The summed E-state index contributed by atoms with van der Waals surface area (Å²) in [6.07, 6.45) is 0. The Hall–Kier alpha value is -3.46. The van der Waals surface area contributed by atoms with Crippen molar-refractivity contribution in [1.29, 1.82) is 0 Å². The Morgan fingerprint density at radius 1 is 1.09 bits per heavy atom. The van der Waals surface area contributed by atoms with Crippen LogP contribution in [0.4, 0.5) is 5.69 Å². The van der Waals surface area contributed by atoms with Gasteiger partial charge in [0, 0.05) is 31.7 Å². The highest BCUT2D eigenvalue weighted by atomic mass is 16.5. The number of pyridine rings is 1. The molecule has 0 unspecified atom stereocenters. The fourth-order valence-corrected chi connectivity index (χ4v) is 3.43. The van der Waals surface area contributed by atoms with Crippen LogP contribution in [0.3, 0.4) is 0 Å². The summed E-state index contributed by atoms with van der Waals surface area (Å²) in [5.41, 5.74) is 1.66. The van der Waals surface area contributed by atoms with Gasteiger partial charge in [-0.3, -0.25) is 9.59 Å². The van der Waals surface area contributed by atoms with Crippen molar-refractivity contribution in [2.75, 3.05) is 52.3 Å². The number of hydrogen-bond donors (Lipinski definition) is 1. The lowest BCUT2D eigenvalue weighted by Crippen LogP contribution is -2.47. The van der Waals surface area contributed by atoms with Crippen LogP contribution >= 0.6 is 0 Å². The molecule has 0 saturated carbocycles. The van der Waals surface area contributed by atoms with Crippen molar-refractivity contribution in [2.45, 2.75) is 13.8 Å². The predicted octanol–water partition coefficient (Wildman–Crippen LogP) is 2.22. The van der Waals surface area contributed by atoms with Crippen LogP contribution in [0.25, 0.3) is 0 Å². The second-order valence-corrected chi connectivity index (χ2v) is 7.51. The first-order chi connectivity index (χ1) is 15.3. The molecular weight excluding hydrogens is 412 g/mol. The molecule has 1 aliphatic heterocycles. The maximum absolute atomic E-state index is 12.9. The number of benzene rings is 1. The minimum Gasteiger partial charge on any atom is -0.495 e. The molecular formula is C23H28N4O5. The molecule has 1 fully saturated rings. The summed E-state index contributed by atoms with van der Waals surface area (Å²) in [4.78, 5) is 45.9. The lowest BCUT2D eigenvalue weighted by Gasteiger charge is -2.32. The Kier molecular flexibility index (Phi) is 7.42. The smallest absolute Gasteiger partial charge is 0.339 e. The fraction of sp³-hybridized carbons (Fsp3) is 0.391. The second-order valence-electron chi connectivity index (χ2n) is 7.51. The first kappa shape index (κ1) is 23.2. The van der Waals surface area contributed by atoms with Crippen molar-refractivity contribution in [2.24, 2.45) is 0 Å². The summed E-state index contributed by atoms with van der Waals surface area (Å²) in [7, 11) is 3.52. The third-order valence-electron chi connectivity index (χ3n) is 5.30. The van der Waals surface area contributed by atoms with E-state index in [1.54, 1.807) is 36.9 Å². The van der Waals surface area contributed by atoms with Gasteiger partial charge in [0.2, 0.25) is 0 Å². The van der Waals surface area contributed by atoms with Gasteiger partial charge in [-0.25, -0.2) is 9.78 Å². The summed E-state index contributed by atoms with van der Waals surface area (Å²) < 4.78 is 10.3. The molecule has 1 N–H and O–H groups in total. The summed E-state index contributed by atoms with van der Waals surface area (Å²) in [6, 6.07) is 7.92. The molecule has 9 nitrogen and oxygen atoms in total. The van der Waals surface area contributed by atoms with E-state index in [1.807, 2.05) is 7.05 Å². The Bertz CT molecular complexity index is 1020. The zero-order chi connectivity index (χ0) is 23.3. The van der Waals surface area contributed by atoms with E-state index in [1.165, 1.54) is 19.2 Å². The standard InChI is InChI=1S/C23H28N4O5/c1-5-32-23(30)17-7-8-18(24-15(17)2)21(28)25-19-14-16(6-9-20(19)31-4)22(29)27-12-10-26(3)11-13-27/h6-9,14H,5,10-13H2,1-4H3,(H,25,28). The average molecular weight is 441 g/mol. The van der Waals surface area contributed by atoms with Crippen LogP contribution in [0.2, 0.25) is 0 Å². The minimum absolute atomic E-state index is 0.0935. The van der Waals surface area contributed by atoms with Crippen LogP contribution in [0, 0.1) is 6.92 Å². The van der Waals surface area contributed by atoms with Gasteiger partial charge >= 0.3 is 5.97 Å². The summed E-state index contributed by atoms with van der Waals surface area (Å²) in [5, 5.41) is 2.76. The largest absolute Gasteiger partial charge is 0.495 e. The number of likely N-dealkylation sites (N-methyl/N-ethyl adjacent to an activating group) is 1. The van der Waals surface area contributed by atoms with Gasteiger partial charge in [-0.15, -0.1) is 0 Å². The molecule has 0 bridgehead atoms. The fourth-order valence-electron chi connectivity index (χ4n) is 3.43. The minimum atomic E-state index is -0.485. The monoisotopic (exact) mass is 440 g/mol. The van der Waals surface area contributed by atoms with Crippen LogP contribution in [0.5, 0.6) is 5.75 Å². The van der Waals surface area contributed by atoms with E-state index in [-0.39, 0.29) is 18.2 Å². The zero-order valence-electron chi connectivity index (χ0n) is 18.8. The van der Waals surface area contributed by atoms with E-state index in [4.69, 9.17) is 9.47 Å². The number of aromatic nitrogens is 1. The lowest BCUT2D eigenvalue weighted by atomic mass is 10.1. The number of hydrogen-bond acceptors (Lipinski definition) is 7. The number of rotatable bonds is 6. The SMILES string of the molecule is CCOC(=O)c1ccc(C(=O)Nc2cc(C(=O)N3CCN(C)CC3)ccc2OC)nc1C. The Balaban J connectivity index is 1.79. The molecule has 0 atom stereocenters. The van der Waals surface area contributed by atoms with Gasteiger partial charge in [0.05, 0.1) is 30.7 Å². The molecule has 1 aromatic carbocycles. The molecule has 32 heavy (non-hydrogen) atoms. The van der Waals surface area contributed by atoms with Crippen molar-refractivity contribution < 1.29 is 23.9 Å². The van der Waals surface area contributed by atoms with E-state index in [9.17, 15) is 14.4 Å². The maximum Gasteiger partial charge on any atom is 0.339 e. The van der Waals surface area contributed by atoms with Crippen LogP contribution in [0.15, 0.2) is 30.3 Å². The summed E-state index contributed by atoms with van der Waals surface area (Å²) in [5.74, 6) is -0.635. The van der Waals surface area contributed by atoms with Crippen molar-refractivity contribution in [3.63, 3.8) is 0 Å². The van der Waals surface area contributed by atoms with Crippen LogP contribution < -0.4 is 10.1 Å². The van der Waals surface area contributed by atoms with Gasteiger partial charge < -0.3 is 24.6 Å². The average Bonchev–Trinajstić information content (AvgIpc) is 2.79. The Morgan fingerprint density at radius 2 is 1.81 bits per heavy atom. The molecule has 1 aliphatic rings. The number of anilines is 1. The Labute approximate surface area is 187 Å². The molecule has 0 aliphatic carbocycles. The molecule has 2 aromatic rings. The van der Waals surface area contributed by atoms with E-state index in [0.29, 0.717) is 41.3 Å². The van der Waals surface area contributed by atoms with Gasteiger partial charge in [-0.1, -0.05) is 0 Å². The second kappa shape index (κ2) is 10.2. The molecule has 1 saturated heterocycles. The molecule has 2 amide bonds. The third-order valence-corrected chi connectivity index (χ3v) is 5.30. The molecule has 170 valence electrons. The van der Waals surface area contributed by atoms with Gasteiger partial charge in [-0.2, -0.15) is 0 Å². The molecule has 0 spiro atoms. The third kappa shape index (κ3) is 5.23. The predicted molar refractivity (Wildman–Crippen MR) is 119 cm³/mol. The van der Waals surface area contributed by atoms with Crippen molar-refractivity contribution in [3.05, 3.63) is 52.8 Å². The molecule has 0 radical (unpaired) electrons. The van der Waals surface area contributed by atoms with Gasteiger partial charge in [0.1, 0.15) is 11.4 Å². The zero-order valence-corrected chi connectivity index (χ0v) is 18.8. The van der Waals surface area contributed by atoms with Crippen LogP contribution in [-0.4, -0.2) is 79.5 Å². The number of methoxy groups -OCH3 is 1. The molecule has 2 heterocycles. The molecule has 3 rings (SSSR count). The highest BCUT2D eigenvalue weighted by Crippen LogP contribution is 2.27. The van der Waals surface area contributed by atoms with Gasteiger partial charge in [0.15, 0.2) is 0 Å². The molecule has 9 heteroatoms. The Morgan fingerprint density at radius 3 is 2.44 bits per heavy atom. The number of amides is 2. The maximum atomic E-state index is 12.9. The number of nitrogens with zero attached hydrogens (tertiary/aromatic N) is 3.